The predicted octanol–water partition coefficient (Wildman–Crippen LogP) is 4.62. The van der Waals surface area contributed by atoms with Crippen LogP contribution in [-0.4, -0.2) is 107 Å². The van der Waals surface area contributed by atoms with Crippen LogP contribution in [0.3, 0.4) is 0 Å². The van der Waals surface area contributed by atoms with Gasteiger partial charge in [-0.05, 0) is 45.9 Å². The average molecular weight is 864 g/mol. The Labute approximate surface area is 345 Å². The number of benzene rings is 3. The Hall–Kier alpha value is -6.02. The summed E-state index contributed by atoms with van der Waals surface area (Å²) in [6.07, 6.45) is 0. The Morgan fingerprint density at radius 1 is 0.780 bits per heavy atom. The summed E-state index contributed by atoms with van der Waals surface area (Å²) in [6.45, 7) is 3.18. The van der Waals surface area contributed by atoms with Gasteiger partial charge in [0.05, 0.1) is 84.3 Å². The number of nitro benzene ring substituents is 1. The van der Waals surface area contributed by atoms with Gasteiger partial charge in [-0.15, -0.1) is 0 Å². The number of rotatable bonds is 19. The van der Waals surface area contributed by atoms with E-state index in [4.69, 9.17) is 52.3 Å². The molecule has 0 radical (unpaired) electrons. The van der Waals surface area contributed by atoms with Gasteiger partial charge in [0, 0.05) is 41.2 Å². The molecule has 4 rings (SSSR count). The second-order valence-corrected chi connectivity index (χ2v) is 13.4. The van der Waals surface area contributed by atoms with E-state index in [0.717, 1.165) is 18.2 Å². The normalized spacial score (nSPS) is 11.3. The summed E-state index contributed by atoms with van der Waals surface area (Å²) in [6, 6.07) is 4.42. The summed E-state index contributed by atoms with van der Waals surface area (Å²) in [7, 11) is 0. The number of hydrogen-bond donors (Lipinski definition) is 3. The van der Waals surface area contributed by atoms with E-state index in [1.54, 1.807) is 27.7 Å². The minimum absolute atomic E-state index is 0.00139. The molecule has 2 aliphatic rings. The van der Waals surface area contributed by atoms with Gasteiger partial charge in [0.15, 0.2) is 0 Å². The van der Waals surface area contributed by atoms with Gasteiger partial charge >= 0.3 is 29.8 Å². The molecular weight excluding hydrogens is 823 g/mol. The van der Waals surface area contributed by atoms with E-state index >= 15 is 0 Å². The van der Waals surface area contributed by atoms with Crippen LogP contribution in [0.1, 0.15) is 49.2 Å². The van der Waals surface area contributed by atoms with Crippen LogP contribution in [0.25, 0.3) is 33.4 Å². The molecular formula is C38H40Cl2N4O15. The number of nitrogens with zero attached hydrogens (tertiary/aromatic N) is 3. The van der Waals surface area contributed by atoms with Crippen molar-refractivity contribution in [3.8, 4) is 28.2 Å². The van der Waals surface area contributed by atoms with Crippen LogP contribution in [0.2, 0.25) is 10.0 Å². The highest BCUT2D eigenvalue weighted by Crippen LogP contribution is 2.49. The van der Waals surface area contributed by atoms with Gasteiger partial charge in [0.2, 0.25) is 5.43 Å². The standard InChI is InChI=1S/C38H40Cl2N4O15/c1-5-55-27(45)15-42(16-28(46)56-6-2)13-22-34(49)24(39)11-20-31(19-9-10-26(44(53)54)33(41)32(19)38(51)52)21-12-25(40)35(50)23(37(21)59-36(20)22)14-43(17-29(47)57-7-3)18-30(48)58-8-4/h9-12,49H,5-8,13-18,41H2,1-4H3,(H,51,52). The van der Waals surface area contributed by atoms with E-state index in [1.807, 2.05) is 0 Å². The third-order valence-electron chi connectivity index (χ3n) is 8.62. The van der Waals surface area contributed by atoms with Gasteiger partial charge in [0.25, 0.3) is 5.69 Å². The van der Waals surface area contributed by atoms with Crippen LogP contribution >= 0.6 is 23.2 Å². The van der Waals surface area contributed by atoms with E-state index in [1.165, 1.54) is 15.9 Å². The second-order valence-electron chi connectivity index (χ2n) is 12.6. The van der Waals surface area contributed by atoms with Gasteiger partial charge in [-0.2, -0.15) is 0 Å². The number of ether oxygens (including phenoxy) is 4. The molecule has 0 bridgehead atoms. The zero-order chi connectivity index (χ0) is 43.7. The van der Waals surface area contributed by atoms with Crippen molar-refractivity contribution in [2.45, 2.75) is 40.8 Å². The molecule has 19 nitrogen and oxygen atoms in total. The number of carbonyl (C=O) groups excluding carboxylic acids is 4. The lowest BCUT2D eigenvalue weighted by molar-refractivity contribution is -0.383. The zero-order valence-electron chi connectivity index (χ0n) is 32.3. The highest BCUT2D eigenvalue weighted by molar-refractivity contribution is 6.33. The Bertz CT molecular complexity index is 2290. The predicted molar refractivity (Wildman–Crippen MR) is 211 cm³/mol. The van der Waals surface area contributed by atoms with Crippen molar-refractivity contribution in [3.05, 3.63) is 71.3 Å². The molecule has 21 heteroatoms. The van der Waals surface area contributed by atoms with Crippen LogP contribution < -0.4 is 11.2 Å². The number of phenols is 1. The molecule has 0 saturated carbocycles. The van der Waals surface area contributed by atoms with Crippen LogP contribution in [0.5, 0.6) is 5.75 Å². The fourth-order valence-electron chi connectivity index (χ4n) is 6.32. The molecule has 1 heterocycles. The molecule has 1 aliphatic heterocycles. The number of nitro groups is 1. The first kappa shape index (κ1) is 45.7. The Kier molecular flexibility index (Phi) is 15.6. The number of aromatic hydroxyl groups is 1. The van der Waals surface area contributed by atoms with E-state index < -0.39 is 107 Å². The van der Waals surface area contributed by atoms with Crippen LogP contribution in [0.15, 0.2) is 33.5 Å². The minimum atomic E-state index is -1.69. The first-order valence-electron chi connectivity index (χ1n) is 18.0. The minimum Gasteiger partial charge on any atom is -0.506 e. The number of carbonyl (C=O) groups is 5. The molecule has 316 valence electrons. The lowest BCUT2D eigenvalue weighted by Crippen LogP contribution is -2.37. The lowest BCUT2D eigenvalue weighted by atomic mass is 9.87. The quantitative estimate of drug-likeness (QED) is 0.0290. The molecule has 2 aromatic carbocycles. The average Bonchev–Trinajstić information content (AvgIpc) is 3.14. The number of fused-ring (bicyclic) bond motifs is 2. The van der Waals surface area contributed by atoms with Crippen molar-refractivity contribution < 1.29 is 62.5 Å². The number of esters is 4. The van der Waals surface area contributed by atoms with Gasteiger partial charge in [-0.25, -0.2) is 4.79 Å². The van der Waals surface area contributed by atoms with E-state index in [9.17, 15) is 49.1 Å². The van der Waals surface area contributed by atoms with Crippen molar-refractivity contribution in [2.75, 3.05) is 58.3 Å². The van der Waals surface area contributed by atoms with Crippen molar-refractivity contribution in [3.63, 3.8) is 0 Å². The molecule has 0 unspecified atom stereocenters. The molecule has 59 heavy (non-hydrogen) atoms. The van der Waals surface area contributed by atoms with Crippen molar-refractivity contribution in [1.82, 2.24) is 9.80 Å². The maximum atomic E-state index is 14.0. The number of hydrogen-bond acceptors (Lipinski definition) is 17. The number of aromatic carboxylic acids is 1. The highest BCUT2D eigenvalue weighted by atomic mass is 35.5. The van der Waals surface area contributed by atoms with Gasteiger partial charge in [-0.1, -0.05) is 23.2 Å². The molecule has 2 aromatic rings. The second kappa shape index (κ2) is 20.1. The van der Waals surface area contributed by atoms with Crippen molar-refractivity contribution >= 4 is 75.4 Å². The summed E-state index contributed by atoms with van der Waals surface area (Å²) in [4.78, 5) is 91.2. The SMILES string of the molecule is CCOC(=O)CN(CC(=O)OCC)Cc1c2oc3c(CN(CC(=O)OCC)CC(=O)OCC)c(O)c(Cl)cc3c(-c3ccc([N+](=O)[O-])c(N)c3C(=O)O)c-2cc(Cl)c1=O. The Morgan fingerprint density at radius 2 is 1.25 bits per heavy atom. The smallest absolute Gasteiger partial charge is 0.338 e. The Balaban J connectivity index is 2.20. The highest BCUT2D eigenvalue weighted by Gasteiger charge is 2.33. The summed E-state index contributed by atoms with van der Waals surface area (Å²) in [5.41, 5.74) is 1.93. The number of carboxylic acids is 1. The molecule has 0 aromatic heterocycles. The van der Waals surface area contributed by atoms with Crippen LogP contribution in [0, 0.1) is 10.1 Å². The largest absolute Gasteiger partial charge is 0.506 e. The summed E-state index contributed by atoms with van der Waals surface area (Å²) in [5.74, 6) is -5.66. The van der Waals surface area contributed by atoms with Crippen molar-refractivity contribution in [1.29, 1.82) is 0 Å². The van der Waals surface area contributed by atoms with Crippen molar-refractivity contribution in [2.24, 2.45) is 0 Å². The maximum absolute atomic E-state index is 14.0. The van der Waals surface area contributed by atoms with Gasteiger partial charge < -0.3 is 39.3 Å². The van der Waals surface area contributed by atoms with Gasteiger partial charge in [0.1, 0.15) is 22.8 Å². The zero-order valence-corrected chi connectivity index (χ0v) is 33.8. The van der Waals surface area contributed by atoms with Gasteiger partial charge in [-0.3, -0.25) is 43.9 Å². The maximum Gasteiger partial charge on any atom is 0.338 e. The molecule has 0 amide bonds. The summed E-state index contributed by atoms with van der Waals surface area (Å²) >= 11 is 13.2. The topological polar surface area (TPSA) is 269 Å². The fourth-order valence-corrected chi connectivity index (χ4v) is 6.77. The fraction of sp³-hybridized carbons (Fsp3) is 0.368. The monoisotopic (exact) mass is 862 g/mol. The number of phenolic OH excluding ortho intramolecular Hbond substituents is 1. The van der Waals surface area contributed by atoms with Crippen LogP contribution in [0.4, 0.5) is 11.4 Å². The summed E-state index contributed by atoms with van der Waals surface area (Å²) < 4.78 is 26.8. The van der Waals surface area contributed by atoms with E-state index in [0.29, 0.717) is 0 Å². The molecule has 4 N–H and O–H groups in total. The number of carboxylic acid groups (broad SMARTS) is 1. The first-order chi connectivity index (χ1) is 28.0. The number of nitrogens with two attached hydrogens (primary N) is 1. The van der Waals surface area contributed by atoms with Crippen LogP contribution in [-0.2, 0) is 51.2 Å². The number of anilines is 1. The molecule has 0 fully saturated rings. The van der Waals surface area contributed by atoms with E-state index in [2.05, 4.69) is 0 Å². The molecule has 1 aliphatic carbocycles. The molecule has 0 atom stereocenters. The number of halogens is 2. The lowest BCUT2D eigenvalue weighted by Gasteiger charge is -2.25. The third kappa shape index (κ3) is 10.5. The Morgan fingerprint density at radius 3 is 1.69 bits per heavy atom. The molecule has 0 spiro atoms. The summed E-state index contributed by atoms with van der Waals surface area (Å²) in [5, 5.41) is 33.0. The third-order valence-corrected chi connectivity index (χ3v) is 9.19. The number of nitrogen functional groups attached to an aromatic ring is 1. The molecule has 0 saturated heterocycles. The first-order valence-corrected chi connectivity index (χ1v) is 18.7. The van der Waals surface area contributed by atoms with E-state index in [-0.39, 0.29) is 76.0 Å².